The maximum absolute atomic E-state index is 11.8. The van der Waals surface area contributed by atoms with Crippen molar-refractivity contribution in [2.45, 2.75) is 4.90 Å². The van der Waals surface area contributed by atoms with E-state index < -0.39 is 11.5 Å². The van der Waals surface area contributed by atoms with Gasteiger partial charge in [-0.15, -0.1) is 11.8 Å². The molecule has 98 valence electrons. The molecule has 1 aromatic heterocycles. The number of aromatic nitrogens is 1. The summed E-state index contributed by atoms with van der Waals surface area (Å²) in [6.45, 7) is 0. The molecule has 0 fully saturated rings. The lowest BCUT2D eigenvalue weighted by Crippen LogP contribution is -2.19. The number of nitrogens with one attached hydrogen (secondary N) is 1. The zero-order valence-electron chi connectivity index (χ0n) is 9.94. The minimum atomic E-state index is -1.21. The van der Waals surface area contributed by atoms with Gasteiger partial charge >= 0.3 is 5.97 Å². The summed E-state index contributed by atoms with van der Waals surface area (Å²) >= 11 is 4.58. The number of carboxylic acid groups (broad SMARTS) is 1. The van der Waals surface area contributed by atoms with Gasteiger partial charge in [0.2, 0.25) is 0 Å². The third-order valence-electron chi connectivity index (χ3n) is 2.59. The molecule has 0 amide bonds. The Balaban J connectivity index is 2.61. The summed E-state index contributed by atoms with van der Waals surface area (Å²) < 4.78 is 0.936. The van der Waals surface area contributed by atoms with Gasteiger partial charge in [0.15, 0.2) is 0 Å². The summed E-state index contributed by atoms with van der Waals surface area (Å²) in [5.74, 6) is -1.21. The van der Waals surface area contributed by atoms with E-state index in [0.29, 0.717) is 10.6 Å². The molecule has 0 spiro atoms. The van der Waals surface area contributed by atoms with Crippen molar-refractivity contribution in [3.63, 3.8) is 0 Å². The molecule has 1 heterocycles. The standard InChI is InChI=1S/C13H10BrNO3S/c1-19-10-6-9(7-2-4-8(14)5-3-7)15-12(16)11(10)13(17)18/h2-6H,1H3,(H,15,16)(H,17,18). The first kappa shape index (κ1) is 13.9. The number of thioether (sulfide) groups is 1. The number of hydrogen-bond donors (Lipinski definition) is 2. The normalized spacial score (nSPS) is 10.4. The Morgan fingerprint density at radius 2 is 1.95 bits per heavy atom. The Labute approximate surface area is 122 Å². The third kappa shape index (κ3) is 2.90. The van der Waals surface area contributed by atoms with Crippen molar-refractivity contribution < 1.29 is 9.90 Å². The number of H-pyrrole nitrogens is 1. The molecule has 0 aliphatic rings. The van der Waals surface area contributed by atoms with Crippen LogP contribution >= 0.6 is 27.7 Å². The molecule has 0 radical (unpaired) electrons. The zero-order valence-corrected chi connectivity index (χ0v) is 12.3. The van der Waals surface area contributed by atoms with Crippen LogP contribution in [0.15, 0.2) is 44.5 Å². The zero-order chi connectivity index (χ0) is 14.0. The minimum absolute atomic E-state index is 0.214. The average Bonchev–Trinajstić information content (AvgIpc) is 2.38. The van der Waals surface area contributed by atoms with E-state index in [1.807, 2.05) is 24.3 Å². The molecule has 0 atom stereocenters. The molecule has 2 N–H and O–H groups in total. The number of carboxylic acids is 1. The second kappa shape index (κ2) is 5.63. The van der Waals surface area contributed by atoms with Crippen molar-refractivity contribution in [1.29, 1.82) is 0 Å². The molecule has 1 aromatic carbocycles. The SMILES string of the molecule is CSc1cc(-c2ccc(Br)cc2)[nH]c(=O)c1C(=O)O. The lowest BCUT2D eigenvalue weighted by atomic mass is 10.1. The van der Waals surface area contributed by atoms with E-state index in [2.05, 4.69) is 20.9 Å². The number of halogens is 1. The van der Waals surface area contributed by atoms with Gasteiger partial charge in [0.1, 0.15) is 5.56 Å². The molecule has 2 aromatic rings. The first-order chi connectivity index (χ1) is 9.02. The predicted octanol–water partition coefficient (Wildman–Crippen LogP) is 3.22. The highest BCUT2D eigenvalue weighted by atomic mass is 79.9. The summed E-state index contributed by atoms with van der Waals surface area (Å²) in [4.78, 5) is 26.0. The Hall–Kier alpha value is -1.53. The Morgan fingerprint density at radius 1 is 1.32 bits per heavy atom. The van der Waals surface area contributed by atoms with Crippen molar-refractivity contribution >= 4 is 33.7 Å². The number of hydrogen-bond acceptors (Lipinski definition) is 3. The summed E-state index contributed by atoms with van der Waals surface area (Å²) in [6, 6.07) is 9.09. The molecule has 4 nitrogen and oxygen atoms in total. The van der Waals surface area contributed by atoms with Gasteiger partial charge in [-0.2, -0.15) is 0 Å². The van der Waals surface area contributed by atoms with Crippen LogP contribution in [0.5, 0.6) is 0 Å². The van der Waals surface area contributed by atoms with Gasteiger partial charge in [0.25, 0.3) is 5.56 Å². The first-order valence-electron chi connectivity index (χ1n) is 5.33. The number of benzene rings is 1. The molecule has 6 heteroatoms. The highest BCUT2D eigenvalue weighted by Gasteiger charge is 2.16. The van der Waals surface area contributed by atoms with Crippen molar-refractivity contribution in [2.24, 2.45) is 0 Å². The van der Waals surface area contributed by atoms with Gasteiger partial charge in [-0.3, -0.25) is 4.79 Å². The number of aromatic amines is 1. The Kier molecular flexibility index (Phi) is 4.11. The molecular formula is C13H10BrNO3S. The molecule has 2 rings (SSSR count). The van der Waals surface area contributed by atoms with E-state index in [4.69, 9.17) is 5.11 Å². The van der Waals surface area contributed by atoms with Crippen molar-refractivity contribution in [2.75, 3.05) is 6.26 Å². The molecule has 0 saturated carbocycles. The van der Waals surface area contributed by atoms with Crippen LogP contribution in [0.3, 0.4) is 0 Å². The molecular weight excluding hydrogens is 330 g/mol. The van der Waals surface area contributed by atoms with Gasteiger partial charge in [-0.1, -0.05) is 28.1 Å². The van der Waals surface area contributed by atoms with Gasteiger partial charge < -0.3 is 10.1 Å². The highest BCUT2D eigenvalue weighted by Crippen LogP contribution is 2.24. The van der Waals surface area contributed by atoms with Gasteiger partial charge in [0, 0.05) is 15.1 Å². The largest absolute Gasteiger partial charge is 0.477 e. The Bertz CT molecular complexity index is 679. The summed E-state index contributed by atoms with van der Waals surface area (Å²) in [7, 11) is 0. The molecule has 0 bridgehead atoms. The smallest absolute Gasteiger partial charge is 0.342 e. The van der Waals surface area contributed by atoms with Crippen LogP contribution in [-0.4, -0.2) is 22.3 Å². The first-order valence-corrected chi connectivity index (χ1v) is 7.35. The minimum Gasteiger partial charge on any atom is -0.477 e. The van der Waals surface area contributed by atoms with E-state index in [1.165, 1.54) is 11.8 Å². The summed E-state index contributed by atoms with van der Waals surface area (Å²) in [5, 5.41) is 9.04. The number of carbonyl (C=O) groups is 1. The topological polar surface area (TPSA) is 70.2 Å². The van der Waals surface area contributed by atoms with Gasteiger partial charge in [-0.05, 0) is 30.0 Å². The van der Waals surface area contributed by atoms with Crippen LogP contribution in [0, 0.1) is 0 Å². The molecule has 0 aliphatic heterocycles. The van der Waals surface area contributed by atoms with Crippen LogP contribution in [0.25, 0.3) is 11.3 Å². The average molecular weight is 340 g/mol. The summed E-state index contributed by atoms with van der Waals surface area (Å²) in [5.41, 5.74) is 0.630. The van der Waals surface area contributed by atoms with E-state index in [9.17, 15) is 9.59 Å². The lowest BCUT2D eigenvalue weighted by Gasteiger charge is -2.07. The van der Waals surface area contributed by atoms with E-state index in [1.54, 1.807) is 12.3 Å². The van der Waals surface area contributed by atoms with E-state index in [0.717, 1.165) is 10.0 Å². The van der Waals surface area contributed by atoms with Crippen molar-refractivity contribution in [1.82, 2.24) is 4.98 Å². The maximum Gasteiger partial charge on any atom is 0.342 e. The predicted molar refractivity (Wildman–Crippen MR) is 78.9 cm³/mol. The van der Waals surface area contributed by atoms with Crippen LogP contribution in [-0.2, 0) is 0 Å². The van der Waals surface area contributed by atoms with Gasteiger partial charge in [0.05, 0.1) is 0 Å². The van der Waals surface area contributed by atoms with Crippen LogP contribution in [0.4, 0.5) is 0 Å². The number of pyridine rings is 1. The van der Waals surface area contributed by atoms with Crippen LogP contribution < -0.4 is 5.56 Å². The fourth-order valence-electron chi connectivity index (χ4n) is 1.68. The highest BCUT2D eigenvalue weighted by molar-refractivity contribution is 9.10. The molecule has 0 aliphatic carbocycles. The lowest BCUT2D eigenvalue weighted by molar-refractivity contribution is 0.0691. The fraction of sp³-hybridized carbons (Fsp3) is 0.0769. The van der Waals surface area contributed by atoms with E-state index in [-0.39, 0.29) is 5.56 Å². The quantitative estimate of drug-likeness (QED) is 0.842. The molecule has 0 unspecified atom stereocenters. The third-order valence-corrected chi connectivity index (χ3v) is 3.88. The molecule has 0 saturated heterocycles. The number of aromatic carboxylic acids is 1. The van der Waals surface area contributed by atoms with Crippen LogP contribution in [0.2, 0.25) is 0 Å². The molecule has 19 heavy (non-hydrogen) atoms. The van der Waals surface area contributed by atoms with Crippen LogP contribution in [0.1, 0.15) is 10.4 Å². The van der Waals surface area contributed by atoms with Crippen molar-refractivity contribution in [3.05, 3.63) is 50.7 Å². The Morgan fingerprint density at radius 3 is 2.47 bits per heavy atom. The second-order valence-corrected chi connectivity index (χ2v) is 5.53. The second-order valence-electron chi connectivity index (χ2n) is 3.77. The fourth-order valence-corrected chi connectivity index (χ4v) is 2.57. The van der Waals surface area contributed by atoms with E-state index >= 15 is 0 Å². The van der Waals surface area contributed by atoms with Gasteiger partial charge in [-0.25, -0.2) is 4.79 Å². The summed E-state index contributed by atoms with van der Waals surface area (Å²) in [6.07, 6.45) is 1.74. The monoisotopic (exact) mass is 339 g/mol. The maximum atomic E-state index is 11.8. The number of rotatable bonds is 3. The van der Waals surface area contributed by atoms with Crippen molar-refractivity contribution in [3.8, 4) is 11.3 Å².